The van der Waals surface area contributed by atoms with Crippen LogP contribution in [0.25, 0.3) is 0 Å². The van der Waals surface area contributed by atoms with Crippen LogP contribution in [0.5, 0.6) is 0 Å². The molecule has 0 aliphatic carbocycles. The largest absolute Gasteiger partial charge is 0.342 e. The lowest BCUT2D eigenvalue weighted by molar-refractivity contribution is -0.146. The van der Waals surface area contributed by atoms with Crippen molar-refractivity contribution in [2.45, 2.75) is 44.9 Å². The molecule has 2 aliphatic heterocycles. The Bertz CT molecular complexity index is 838. The van der Waals surface area contributed by atoms with Crippen molar-refractivity contribution in [1.82, 2.24) is 20.4 Å². The predicted octanol–water partition coefficient (Wildman–Crippen LogP) is 2.87. The number of halogens is 1. The van der Waals surface area contributed by atoms with E-state index < -0.39 is 5.41 Å². The topological polar surface area (TPSA) is 71.3 Å². The van der Waals surface area contributed by atoms with Gasteiger partial charge in [0, 0.05) is 38.0 Å². The van der Waals surface area contributed by atoms with Gasteiger partial charge in [0.25, 0.3) is 0 Å². The lowest BCUT2D eigenvalue weighted by atomic mass is 9.74. The van der Waals surface area contributed by atoms with E-state index in [-0.39, 0.29) is 23.6 Å². The summed E-state index contributed by atoms with van der Waals surface area (Å²) in [7, 11) is 0. The molecule has 1 aromatic carbocycles. The van der Waals surface area contributed by atoms with Gasteiger partial charge in [0.15, 0.2) is 5.82 Å². The van der Waals surface area contributed by atoms with Gasteiger partial charge in [-0.2, -0.15) is 4.98 Å². The van der Waals surface area contributed by atoms with Crippen LogP contribution in [0.1, 0.15) is 55.8 Å². The number of aromatic nitrogens is 2. The number of hydrogen-bond donors (Lipinski definition) is 1. The second-order valence-corrected chi connectivity index (χ2v) is 8.36. The van der Waals surface area contributed by atoms with Gasteiger partial charge in [-0.25, -0.2) is 4.39 Å². The van der Waals surface area contributed by atoms with Gasteiger partial charge in [-0.15, -0.1) is 0 Å². The van der Waals surface area contributed by atoms with Crippen molar-refractivity contribution >= 4 is 5.91 Å². The molecule has 2 saturated heterocycles. The number of carbonyl (C=O) groups excluding carboxylic acids is 1. The second-order valence-electron chi connectivity index (χ2n) is 8.36. The third-order valence-corrected chi connectivity index (χ3v) is 5.97. The summed E-state index contributed by atoms with van der Waals surface area (Å²) < 4.78 is 19.6. The van der Waals surface area contributed by atoms with Crippen LogP contribution in [0.2, 0.25) is 0 Å². The van der Waals surface area contributed by atoms with Crippen LogP contribution in [-0.2, 0) is 11.2 Å². The number of likely N-dealkylation sites (tertiary alicyclic amines) is 1. The monoisotopic (exact) mass is 386 g/mol. The third kappa shape index (κ3) is 3.55. The lowest BCUT2D eigenvalue weighted by Gasteiger charge is -2.45. The van der Waals surface area contributed by atoms with Crippen molar-refractivity contribution in [1.29, 1.82) is 0 Å². The Labute approximate surface area is 164 Å². The standard InChI is InChI=1S/C21H27FN4O2/c1-14(2)18-24-19(28-25-18)15-7-9-26(10-8-15)20(27)21(12-23-13-21)11-16-5-3-4-6-17(16)22/h3-6,14-15,23H,7-13H2,1-2H3. The van der Waals surface area contributed by atoms with Crippen molar-refractivity contribution in [3.63, 3.8) is 0 Å². The first kappa shape index (κ1) is 19.1. The first-order valence-corrected chi connectivity index (χ1v) is 10.1. The molecule has 7 heteroatoms. The molecule has 1 N–H and O–H groups in total. The SMILES string of the molecule is CC(C)c1noc(C2CCN(C(=O)C3(Cc4ccccc4F)CNC3)CC2)n1. The Hall–Kier alpha value is -2.28. The van der Waals surface area contributed by atoms with E-state index in [0.29, 0.717) is 44.1 Å². The van der Waals surface area contributed by atoms with Crippen LogP contribution in [-0.4, -0.2) is 47.1 Å². The molecule has 0 radical (unpaired) electrons. The van der Waals surface area contributed by atoms with Crippen LogP contribution in [0.15, 0.2) is 28.8 Å². The van der Waals surface area contributed by atoms with E-state index >= 15 is 0 Å². The summed E-state index contributed by atoms with van der Waals surface area (Å²) in [6.07, 6.45) is 2.07. The molecule has 28 heavy (non-hydrogen) atoms. The maximum atomic E-state index is 14.1. The van der Waals surface area contributed by atoms with Crippen LogP contribution in [0, 0.1) is 11.2 Å². The molecule has 1 amide bonds. The minimum Gasteiger partial charge on any atom is -0.342 e. The van der Waals surface area contributed by atoms with E-state index in [2.05, 4.69) is 15.5 Å². The Morgan fingerprint density at radius 3 is 2.61 bits per heavy atom. The van der Waals surface area contributed by atoms with E-state index in [1.807, 2.05) is 24.8 Å². The van der Waals surface area contributed by atoms with Crippen molar-refractivity contribution in [3.8, 4) is 0 Å². The van der Waals surface area contributed by atoms with Gasteiger partial charge in [0.1, 0.15) is 5.82 Å². The molecular formula is C21H27FN4O2. The summed E-state index contributed by atoms with van der Waals surface area (Å²) in [5.74, 6) is 1.74. The molecule has 1 aromatic heterocycles. The molecular weight excluding hydrogens is 359 g/mol. The van der Waals surface area contributed by atoms with Crippen molar-refractivity contribution < 1.29 is 13.7 Å². The molecule has 3 heterocycles. The number of amides is 1. The van der Waals surface area contributed by atoms with Crippen LogP contribution in [0.3, 0.4) is 0 Å². The number of nitrogens with zero attached hydrogens (tertiary/aromatic N) is 3. The van der Waals surface area contributed by atoms with E-state index in [0.717, 1.165) is 18.7 Å². The van der Waals surface area contributed by atoms with Crippen molar-refractivity contribution in [2.75, 3.05) is 26.2 Å². The first-order chi connectivity index (χ1) is 13.5. The highest BCUT2D eigenvalue weighted by atomic mass is 19.1. The van der Waals surface area contributed by atoms with Crippen LogP contribution in [0.4, 0.5) is 4.39 Å². The molecule has 0 spiro atoms. The molecule has 2 aromatic rings. The molecule has 4 rings (SSSR count). The number of benzene rings is 1. The maximum absolute atomic E-state index is 14.1. The Kier molecular flexibility index (Phi) is 5.19. The van der Waals surface area contributed by atoms with Gasteiger partial charge in [-0.1, -0.05) is 37.2 Å². The molecule has 2 fully saturated rings. The fraction of sp³-hybridized carbons (Fsp3) is 0.571. The minimum absolute atomic E-state index is 0.126. The molecule has 0 atom stereocenters. The van der Waals surface area contributed by atoms with Crippen molar-refractivity contribution in [3.05, 3.63) is 47.4 Å². The van der Waals surface area contributed by atoms with Crippen molar-refractivity contribution in [2.24, 2.45) is 5.41 Å². The second kappa shape index (κ2) is 7.62. The number of hydrogen-bond acceptors (Lipinski definition) is 5. The van der Waals surface area contributed by atoms with Crippen LogP contribution < -0.4 is 5.32 Å². The number of nitrogens with one attached hydrogen (secondary N) is 1. The predicted molar refractivity (Wildman–Crippen MR) is 102 cm³/mol. The Morgan fingerprint density at radius 1 is 1.32 bits per heavy atom. The number of piperidine rings is 1. The molecule has 0 unspecified atom stereocenters. The van der Waals surface area contributed by atoms with Gasteiger partial charge >= 0.3 is 0 Å². The third-order valence-electron chi connectivity index (χ3n) is 5.97. The molecule has 150 valence electrons. The highest BCUT2D eigenvalue weighted by Crippen LogP contribution is 2.34. The van der Waals surface area contributed by atoms with E-state index in [9.17, 15) is 9.18 Å². The Balaban J connectivity index is 1.40. The van der Waals surface area contributed by atoms with E-state index in [4.69, 9.17) is 4.52 Å². The molecule has 2 aliphatic rings. The summed E-state index contributed by atoms with van der Waals surface area (Å²) in [6, 6.07) is 6.74. The summed E-state index contributed by atoms with van der Waals surface area (Å²) in [5.41, 5.74) is 0.0731. The normalized spacial score (nSPS) is 19.6. The first-order valence-electron chi connectivity index (χ1n) is 10.1. The van der Waals surface area contributed by atoms with Gasteiger partial charge < -0.3 is 14.7 Å². The fourth-order valence-electron chi connectivity index (χ4n) is 4.10. The number of carbonyl (C=O) groups is 1. The summed E-state index contributed by atoms with van der Waals surface area (Å²) in [5, 5.41) is 7.26. The van der Waals surface area contributed by atoms with E-state index in [1.54, 1.807) is 12.1 Å². The number of rotatable bonds is 5. The Morgan fingerprint density at radius 2 is 2.04 bits per heavy atom. The highest BCUT2D eigenvalue weighted by molar-refractivity contribution is 5.85. The molecule has 0 bridgehead atoms. The molecule has 6 nitrogen and oxygen atoms in total. The fourth-order valence-corrected chi connectivity index (χ4v) is 4.10. The summed E-state index contributed by atoms with van der Waals surface area (Å²) in [4.78, 5) is 19.7. The average Bonchev–Trinajstić information content (AvgIpc) is 3.16. The van der Waals surface area contributed by atoms with Crippen LogP contribution >= 0.6 is 0 Å². The van der Waals surface area contributed by atoms with Gasteiger partial charge in [-0.05, 0) is 30.9 Å². The zero-order valence-corrected chi connectivity index (χ0v) is 16.4. The smallest absolute Gasteiger partial charge is 0.231 e. The maximum Gasteiger partial charge on any atom is 0.231 e. The zero-order valence-electron chi connectivity index (χ0n) is 16.4. The summed E-state index contributed by atoms with van der Waals surface area (Å²) in [6.45, 7) is 6.61. The van der Waals surface area contributed by atoms with Gasteiger partial charge in [0.2, 0.25) is 11.8 Å². The quantitative estimate of drug-likeness (QED) is 0.856. The summed E-state index contributed by atoms with van der Waals surface area (Å²) >= 11 is 0. The lowest BCUT2D eigenvalue weighted by Crippen LogP contribution is -2.63. The molecule has 0 saturated carbocycles. The van der Waals surface area contributed by atoms with E-state index in [1.165, 1.54) is 6.07 Å². The minimum atomic E-state index is -0.537. The van der Waals surface area contributed by atoms with Gasteiger partial charge in [0.05, 0.1) is 5.41 Å². The zero-order chi connectivity index (χ0) is 19.7. The van der Waals surface area contributed by atoms with Gasteiger partial charge in [-0.3, -0.25) is 4.79 Å². The average molecular weight is 386 g/mol. The highest BCUT2D eigenvalue weighted by Gasteiger charge is 2.47.